The maximum absolute atomic E-state index is 12.4. The van der Waals surface area contributed by atoms with E-state index in [1.165, 1.54) is 23.3 Å². The van der Waals surface area contributed by atoms with E-state index in [0.717, 1.165) is 29.7 Å². The lowest BCUT2D eigenvalue weighted by Gasteiger charge is -2.26. The van der Waals surface area contributed by atoms with Gasteiger partial charge in [0.2, 0.25) is 5.91 Å². The van der Waals surface area contributed by atoms with Crippen molar-refractivity contribution in [2.24, 2.45) is 0 Å². The largest absolute Gasteiger partial charge is 0.449 e. The number of anilines is 1. The molecule has 1 fully saturated rings. The smallest absolute Gasteiger partial charge is 0.421 e. The van der Waals surface area contributed by atoms with Crippen molar-refractivity contribution in [2.75, 3.05) is 16.8 Å². The van der Waals surface area contributed by atoms with Crippen molar-refractivity contribution in [1.29, 1.82) is 0 Å². The first kappa shape index (κ1) is 18.0. The number of aryl methyl sites for hydroxylation is 1. The molecule has 2 amide bonds. The van der Waals surface area contributed by atoms with Crippen LogP contribution in [0.4, 0.5) is 10.5 Å². The molecule has 1 aliphatic rings. The fraction of sp³-hybridized carbons (Fsp3) is 0.556. The van der Waals surface area contributed by atoms with Crippen LogP contribution in [0.2, 0.25) is 0 Å². The van der Waals surface area contributed by atoms with Crippen molar-refractivity contribution in [3.05, 3.63) is 28.8 Å². The van der Waals surface area contributed by atoms with Gasteiger partial charge in [-0.15, -0.1) is 0 Å². The lowest BCUT2D eigenvalue weighted by Crippen LogP contribution is -2.39. The van der Waals surface area contributed by atoms with Crippen molar-refractivity contribution < 1.29 is 14.3 Å². The van der Waals surface area contributed by atoms with E-state index in [2.05, 4.69) is 35.0 Å². The van der Waals surface area contributed by atoms with E-state index in [9.17, 15) is 9.59 Å². The van der Waals surface area contributed by atoms with Crippen molar-refractivity contribution in [2.45, 2.75) is 52.4 Å². The summed E-state index contributed by atoms with van der Waals surface area (Å²) < 4.78 is 5.14. The average molecular weight is 382 g/mol. The zero-order valence-electron chi connectivity index (χ0n) is 14.0. The molecule has 1 aromatic rings. The topological polar surface area (TPSA) is 46.6 Å². The van der Waals surface area contributed by atoms with Crippen LogP contribution in [0.3, 0.4) is 0 Å². The normalized spacial score (nSPS) is 13.7. The number of nitrogens with zero attached hydrogens (tertiary/aromatic N) is 1. The van der Waals surface area contributed by atoms with Crippen LogP contribution in [0.15, 0.2) is 12.1 Å². The highest BCUT2D eigenvalue weighted by Gasteiger charge is 2.32. The van der Waals surface area contributed by atoms with Gasteiger partial charge >= 0.3 is 6.09 Å². The quantitative estimate of drug-likeness (QED) is 0.677. The Balaban J connectivity index is 2.61. The number of amides is 2. The van der Waals surface area contributed by atoms with E-state index >= 15 is 0 Å². The summed E-state index contributed by atoms with van der Waals surface area (Å²) >= 11 is 3.19. The highest BCUT2D eigenvalue weighted by molar-refractivity contribution is 9.09. The summed E-state index contributed by atoms with van der Waals surface area (Å²) in [6.07, 6.45) is 3.33. The minimum atomic E-state index is -0.589. The van der Waals surface area contributed by atoms with E-state index in [4.69, 9.17) is 4.74 Å². The van der Waals surface area contributed by atoms with Gasteiger partial charge in [0.25, 0.3) is 0 Å². The molecule has 4 nitrogen and oxygen atoms in total. The lowest BCUT2D eigenvalue weighted by molar-refractivity contribution is -0.115. The van der Waals surface area contributed by atoms with Gasteiger partial charge in [-0.1, -0.05) is 41.9 Å². The number of halogens is 1. The molecule has 0 aromatic heterocycles. The van der Waals surface area contributed by atoms with Gasteiger partial charge in [0, 0.05) is 0 Å². The molecule has 0 unspecified atom stereocenters. The van der Waals surface area contributed by atoms with E-state index in [-0.39, 0.29) is 17.8 Å². The number of carbonyl (C=O) groups excluding carboxylic acids is 2. The first-order chi connectivity index (χ1) is 11.1. The molecule has 0 heterocycles. The number of carbonyl (C=O) groups is 2. The third kappa shape index (κ3) is 3.77. The van der Waals surface area contributed by atoms with Crippen LogP contribution in [-0.2, 0) is 22.4 Å². The average Bonchev–Trinajstić information content (AvgIpc) is 3.39. The monoisotopic (exact) mass is 381 g/mol. The molecule has 0 bridgehead atoms. The summed E-state index contributed by atoms with van der Waals surface area (Å²) in [5.41, 5.74) is 4.13. The van der Waals surface area contributed by atoms with E-state index < -0.39 is 6.09 Å². The maximum atomic E-state index is 12.4. The summed E-state index contributed by atoms with van der Waals surface area (Å²) in [5, 5.41) is 0.0891. The molecule has 0 saturated heterocycles. The number of benzene rings is 1. The summed E-state index contributed by atoms with van der Waals surface area (Å²) in [6.45, 7) is 6.11. The van der Waals surface area contributed by atoms with Crippen molar-refractivity contribution in [1.82, 2.24) is 0 Å². The van der Waals surface area contributed by atoms with Crippen LogP contribution < -0.4 is 4.90 Å². The summed E-state index contributed by atoms with van der Waals surface area (Å²) in [7, 11) is 0. The first-order valence-corrected chi connectivity index (χ1v) is 9.41. The first-order valence-electron chi connectivity index (χ1n) is 8.29. The fourth-order valence-corrected chi connectivity index (χ4v) is 3.23. The highest BCUT2D eigenvalue weighted by atomic mass is 79.9. The molecule has 1 aliphatic carbocycles. The minimum absolute atomic E-state index is 0.0891. The Hall–Kier alpha value is -1.36. The van der Waals surface area contributed by atoms with E-state index in [1.54, 1.807) is 6.92 Å². The van der Waals surface area contributed by atoms with Crippen LogP contribution in [-0.4, -0.2) is 23.9 Å². The van der Waals surface area contributed by atoms with Crippen LogP contribution in [0.1, 0.15) is 56.2 Å². The van der Waals surface area contributed by atoms with Gasteiger partial charge in [-0.2, -0.15) is 0 Å². The Kier molecular flexibility index (Phi) is 6.22. The summed E-state index contributed by atoms with van der Waals surface area (Å²) in [4.78, 5) is 26.1. The molecule has 1 aromatic carbocycles. The van der Waals surface area contributed by atoms with Crippen LogP contribution in [0.5, 0.6) is 0 Å². The van der Waals surface area contributed by atoms with Gasteiger partial charge in [-0.05, 0) is 55.2 Å². The molecule has 5 heteroatoms. The summed E-state index contributed by atoms with van der Waals surface area (Å²) in [6, 6.07) is 4.22. The Morgan fingerprint density at radius 2 is 1.91 bits per heavy atom. The molecule has 0 N–H and O–H groups in total. The van der Waals surface area contributed by atoms with Gasteiger partial charge in [-0.25, -0.2) is 9.69 Å². The number of imide groups is 1. The number of rotatable bonds is 6. The van der Waals surface area contributed by atoms with E-state index in [1.807, 2.05) is 6.92 Å². The minimum Gasteiger partial charge on any atom is -0.449 e. The standard InChI is InChI=1S/C18H24BrNO3/c1-4-12-9-10-15(13-7-8-13)14(5-2)17(12)20(16(21)11-19)18(22)23-6-3/h9-10,13H,4-8,11H2,1-3H3. The van der Waals surface area contributed by atoms with Gasteiger partial charge in [0.15, 0.2) is 0 Å². The number of alkyl halides is 1. The molecule has 0 atom stereocenters. The third-order valence-electron chi connectivity index (χ3n) is 4.19. The molecule has 1 saturated carbocycles. The zero-order valence-corrected chi connectivity index (χ0v) is 15.6. The van der Waals surface area contributed by atoms with Crippen molar-refractivity contribution in [3.63, 3.8) is 0 Å². The predicted octanol–water partition coefficient (Wildman–Crippen LogP) is 4.57. The number of hydrogen-bond acceptors (Lipinski definition) is 3. The van der Waals surface area contributed by atoms with Crippen molar-refractivity contribution in [3.8, 4) is 0 Å². The number of hydrogen-bond donors (Lipinski definition) is 0. The van der Waals surface area contributed by atoms with Crippen LogP contribution >= 0.6 is 15.9 Å². The van der Waals surface area contributed by atoms with Gasteiger partial charge in [-0.3, -0.25) is 4.79 Å². The Bertz CT molecular complexity index is 596. The van der Waals surface area contributed by atoms with Gasteiger partial charge in [0.05, 0.1) is 17.6 Å². The third-order valence-corrected chi connectivity index (χ3v) is 4.67. The molecular weight excluding hydrogens is 358 g/mol. The zero-order chi connectivity index (χ0) is 17.0. The second kappa shape index (κ2) is 7.95. The highest BCUT2D eigenvalue weighted by Crippen LogP contribution is 2.45. The Morgan fingerprint density at radius 1 is 1.22 bits per heavy atom. The SMILES string of the molecule is CCOC(=O)N(C(=O)CBr)c1c(CC)ccc(C2CC2)c1CC. The van der Waals surface area contributed by atoms with E-state index in [0.29, 0.717) is 5.92 Å². The number of ether oxygens (including phenoxy) is 1. The molecule has 0 aliphatic heterocycles. The molecule has 0 radical (unpaired) electrons. The molecule has 126 valence electrons. The molecule has 23 heavy (non-hydrogen) atoms. The second-order valence-electron chi connectivity index (χ2n) is 5.68. The lowest BCUT2D eigenvalue weighted by atomic mass is 9.94. The molecular formula is C18H24BrNO3. The van der Waals surface area contributed by atoms with Crippen LogP contribution in [0, 0.1) is 0 Å². The molecule has 0 spiro atoms. The van der Waals surface area contributed by atoms with Crippen LogP contribution in [0.25, 0.3) is 0 Å². The molecule has 2 rings (SSSR count). The van der Waals surface area contributed by atoms with Gasteiger partial charge < -0.3 is 4.74 Å². The van der Waals surface area contributed by atoms with Gasteiger partial charge in [0.1, 0.15) is 0 Å². The fourth-order valence-electron chi connectivity index (χ4n) is 2.98. The Morgan fingerprint density at radius 3 is 2.39 bits per heavy atom. The second-order valence-corrected chi connectivity index (χ2v) is 6.24. The maximum Gasteiger partial charge on any atom is 0.421 e. The van der Waals surface area contributed by atoms with Crippen molar-refractivity contribution >= 4 is 33.6 Å². The summed E-state index contributed by atoms with van der Waals surface area (Å²) in [5.74, 6) is 0.276. The predicted molar refractivity (Wildman–Crippen MR) is 95.5 cm³/mol. The Labute approximate surface area is 146 Å².